The highest BCUT2D eigenvalue weighted by Gasteiger charge is 2.09. The molecule has 122 valence electrons. The summed E-state index contributed by atoms with van der Waals surface area (Å²) in [5, 5.41) is 6.11. The number of amides is 1. The second kappa shape index (κ2) is 8.64. The summed E-state index contributed by atoms with van der Waals surface area (Å²) in [6.45, 7) is 1.90. The number of benzene rings is 1. The summed E-state index contributed by atoms with van der Waals surface area (Å²) in [5.74, 6) is 0.647. The van der Waals surface area contributed by atoms with Crippen LogP contribution in [-0.2, 0) is 0 Å². The van der Waals surface area contributed by atoms with Crippen LogP contribution >= 0.6 is 15.9 Å². The molecular weight excluding hydrogens is 356 g/mol. The summed E-state index contributed by atoms with van der Waals surface area (Å²) < 4.78 is 0.768. The van der Waals surface area contributed by atoms with Crippen LogP contribution in [0.4, 0.5) is 11.5 Å². The molecule has 0 bridgehead atoms. The van der Waals surface area contributed by atoms with Crippen molar-refractivity contribution in [2.45, 2.75) is 6.42 Å². The molecular formula is C17H21BrN4O. The predicted molar refractivity (Wildman–Crippen MR) is 98.0 cm³/mol. The molecule has 23 heavy (non-hydrogen) atoms. The molecule has 0 unspecified atom stereocenters. The smallest absolute Gasteiger partial charge is 0.256 e. The Morgan fingerprint density at radius 2 is 2.00 bits per heavy atom. The summed E-state index contributed by atoms with van der Waals surface area (Å²) >= 11 is 3.38. The number of nitrogens with one attached hydrogen (secondary N) is 2. The van der Waals surface area contributed by atoms with Crippen molar-refractivity contribution in [2.24, 2.45) is 0 Å². The summed E-state index contributed by atoms with van der Waals surface area (Å²) in [4.78, 5) is 18.7. The summed E-state index contributed by atoms with van der Waals surface area (Å²) in [7, 11) is 4.11. The van der Waals surface area contributed by atoms with Gasteiger partial charge in [0.05, 0.1) is 17.4 Å². The third-order valence-corrected chi connectivity index (χ3v) is 3.92. The van der Waals surface area contributed by atoms with Crippen molar-refractivity contribution in [3.8, 4) is 0 Å². The van der Waals surface area contributed by atoms with Crippen LogP contribution in [0, 0.1) is 0 Å². The highest BCUT2D eigenvalue weighted by Crippen LogP contribution is 2.18. The second-order valence-electron chi connectivity index (χ2n) is 5.45. The van der Waals surface area contributed by atoms with Crippen LogP contribution in [0.1, 0.15) is 16.8 Å². The highest BCUT2D eigenvalue weighted by molar-refractivity contribution is 9.10. The van der Waals surface area contributed by atoms with Crippen LogP contribution in [0.5, 0.6) is 0 Å². The van der Waals surface area contributed by atoms with Gasteiger partial charge in [-0.1, -0.05) is 12.1 Å². The Bertz CT molecular complexity index is 643. The van der Waals surface area contributed by atoms with E-state index >= 15 is 0 Å². The zero-order valence-electron chi connectivity index (χ0n) is 13.3. The number of hydrogen-bond acceptors (Lipinski definition) is 4. The fourth-order valence-electron chi connectivity index (χ4n) is 2.03. The molecule has 1 aromatic heterocycles. The van der Waals surface area contributed by atoms with Gasteiger partial charge in [0.2, 0.25) is 0 Å². The first-order valence-electron chi connectivity index (χ1n) is 7.47. The van der Waals surface area contributed by atoms with E-state index in [1.54, 1.807) is 12.3 Å². The first-order valence-corrected chi connectivity index (χ1v) is 8.26. The number of pyridine rings is 1. The Labute approximate surface area is 145 Å². The monoisotopic (exact) mass is 376 g/mol. The number of carbonyl (C=O) groups excluding carboxylic acids is 1. The minimum Gasteiger partial charge on any atom is -0.370 e. The van der Waals surface area contributed by atoms with Crippen LogP contribution in [0.2, 0.25) is 0 Å². The van der Waals surface area contributed by atoms with Gasteiger partial charge >= 0.3 is 0 Å². The van der Waals surface area contributed by atoms with Crippen molar-refractivity contribution in [3.05, 3.63) is 52.6 Å². The number of aromatic nitrogens is 1. The van der Waals surface area contributed by atoms with Crippen molar-refractivity contribution in [3.63, 3.8) is 0 Å². The molecule has 5 nitrogen and oxygen atoms in total. The number of nitrogens with zero attached hydrogens (tertiary/aromatic N) is 2. The minimum absolute atomic E-state index is 0.161. The number of halogens is 1. The molecule has 0 atom stereocenters. The normalized spacial score (nSPS) is 10.6. The van der Waals surface area contributed by atoms with E-state index in [9.17, 15) is 4.79 Å². The van der Waals surface area contributed by atoms with Gasteiger partial charge in [-0.05, 0) is 67.3 Å². The van der Waals surface area contributed by atoms with E-state index < -0.39 is 0 Å². The van der Waals surface area contributed by atoms with Crippen LogP contribution in [-0.4, -0.2) is 43.0 Å². The van der Waals surface area contributed by atoms with E-state index in [0.29, 0.717) is 11.3 Å². The Kier molecular flexibility index (Phi) is 6.55. The van der Waals surface area contributed by atoms with Crippen LogP contribution < -0.4 is 10.6 Å². The molecule has 0 radical (unpaired) electrons. The highest BCUT2D eigenvalue weighted by atomic mass is 79.9. The summed E-state index contributed by atoms with van der Waals surface area (Å²) in [6, 6.07) is 11.0. The maximum absolute atomic E-state index is 12.2. The fourth-order valence-corrected chi connectivity index (χ4v) is 2.49. The molecule has 2 N–H and O–H groups in total. The maximum atomic E-state index is 12.2. The molecule has 6 heteroatoms. The topological polar surface area (TPSA) is 57.3 Å². The SMILES string of the molecule is CN(C)CCCNc1ccc(NC(=O)c2ccccc2Br)cn1. The zero-order chi connectivity index (χ0) is 16.7. The third kappa shape index (κ3) is 5.65. The van der Waals surface area contributed by atoms with Crippen molar-refractivity contribution in [1.82, 2.24) is 9.88 Å². The molecule has 0 spiro atoms. The maximum Gasteiger partial charge on any atom is 0.256 e. The van der Waals surface area contributed by atoms with E-state index in [1.807, 2.05) is 30.3 Å². The van der Waals surface area contributed by atoms with Gasteiger partial charge in [0.15, 0.2) is 0 Å². The largest absolute Gasteiger partial charge is 0.370 e. The van der Waals surface area contributed by atoms with Gasteiger partial charge in [0.25, 0.3) is 5.91 Å². The lowest BCUT2D eigenvalue weighted by molar-refractivity contribution is 0.102. The molecule has 0 aliphatic rings. The van der Waals surface area contributed by atoms with Gasteiger partial charge < -0.3 is 15.5 Å². The van der Waals surface area contributed by atoms with Crippen molar-refractivity contribution in [1.29, 1.82) is 0 Å². The van der Waals surface area contributed by atoms with Crippen LogP contribution in [0.3, 0.4) is 0 Å². The Hall–Kier alpha value is -1.92. The van der Waals surface area contributed by atoms with Gasteiger partial charge in [0.1, 0.15) is 5.82 Å². The van der Waals surface area contributed by atoms with E-state index in [0.717, 1.165) is 29.8 Å². The number of rotatable bonds is 7. The first kappa shape index (κ1) is 17.4. The third-order valence-electron chi connectivity index (χ3n) is 3.23. The van der Waals surface area contributed by atoms with Gasteiger partial charge in [-0.25, -0.2) is 4.98 Å². The molecule has 0 fully saturated rings. The van der Waals surface area contributed by atoms with Crippen LogP contribution in [0.25, 0.3) is 0 Å². The second-order valence-corrected chi connectivity index (χ2v) is 6.30. The molecule has 2 aromatic rings. The van der Waals surface area contributed by atoms with E-state index in [4.69, 9.17) is 0 Å². The zero-order valence-corrected chi connectivity index (χ0v) is 14.9. The van der Waals surface area contributed by atoms with Crippen LogP contribution in [0.15, 0.2) is 47.1 Å². The van der Waals surface area contributed by atoms with Crippen molar-refractivity contribution < 1.29 is 4.79 Å². The first-order chi connectivity index (χ1) is 11.1. The minimum atomic E-state index is -0.161. The molecule has 1 amide bonds. The molecule has 0 saturated carbocycles. The Balaban J connectivity index is 1.87. The number of anilines is 2. The summed E-state index contributed by atoms with van der Waals surface area (Å²) in [6.07, 6.45) is 2.71. The van der Waals surface area contributed by atoms with Gasteiger partial charge in [-0.2, -0.15) is 0 Å². The Morgan fingerprint density at radius 3 is 2.65 bits per heavy atom. The van der Waals surface area contributed by atoms with Gasteiger partial charge in [0, 0.05) is 11.0 Å². The molecule has 1 heterocycles. The lowest BCUT2D eigenvalue weighted by Gasteiger charge is -2.11. The standard InChI is InChI=1S/C17H21BrN4O/c1-22(2)11-5-10-19-16-9-8-13(12-20-16)21-17(23)14-6-3-4-7-15(14)18/h3-4,6-9,12H,5,10-11H2,1-2H3,(H,19,20)(H,21,23). The summed E-state index contributed by atoms with van der Waals surface area (Å²) in [5.41, 5.74) is 1.27. The molecule has 0 aliphatic carbocycles. The quantitative estimate of drug-likeness (QED) is 0.726. The average Bonchev–Trinajstić information content (AvgIpc) is 2.53. The molecule has 0 aliphatic heterocycles. The fraction of sp³-hybridized carbons (Fsp3) is 0.294. The lowest BCUT2D eigenvalue weighted by atomic mass is 10.2. The molecule has 1 aromatic carbocycles. The van der Waals surface area contributed by atoms with E-state index in [1.165, 1.54) is 0 Å². The van der Waals surface area contributed by atoms with Crippen molar-refractivity contribution in [2.75, 3.05) is 37.8 Å². The molecule has 0 saturated heterocycles. The van der Waals surface area contributed by atoms with Gasteiger partial charge in [-0.15, -0.1) is 0 Å². The predicted octanol–water partition coefficient (Wildman–Crippen LogP) is 3.46. The lowest BCUT2D eigenvalue weighted by Crippen LogP contribution is -2.16. The van der Waals surface area contributed by atoms with E-state index in [-0.39, 0.29) is 5.91 Å². The average molecular weight is 377 g/mol. The number of carbonyl (C=O) groups is 1. The van der Waals surface area contributed by atoms with Crippen molar-refractivity contribution >= 4 is 33.3 Å². The Morgan fingerprint density at radius 1 is 1.22 bits per heavy atom. The van der Waals surface area contributed by atoms with E-state index in [2.05, 4.69) is 50.5 Å². The number of hydrogen-bond donors (Lipinski definition) is 2. The van der Waals surface area contributed by atoms with Gasteiger partial charge in [-0.3, -0.25) is 4.79 Å². The molecule has 2 rings (SSSR count).